The Balaban J connectivity index is 1.28. The summed E-state index contributed by atoms with van der Waals surface area (Å²) in [7, 11) is 0. The van der Waals surface area contributed by atoms with Crippen LogP contribution in [0.1, 0.15) is 12.0 Å². The van der Waals surface area contributed by atoms with Gasteiger partial charge in [-0.05, 0) is 42.0 Å². The first-order valence-corrected chi connectivity index (χ1v) is 10.7. The van der Waals surface area contributed by atoms with Gasteiger partial charge in [0.2, 0.25) is 5.91 Å². The van der Waals surface area contributed by atoms with Gasteiger partial charge in [-0.3, -0.25) is 9.59 Å². The molecule has 1 heterocycles. The second-order valence-corrected chi connectivity index (χ2v) is 8.33. The zero-order chi connectivity index (χ0) is 20.8. The molecule has 1 aliphatic rings. The highest BCUT2D eigenvalue weighted by molar-refractivity contribution is 8.14. The van der Waals surface area contributed by atoms with Crippen molar-refractivity contribution in [2.75, 3.05) is 11.9 Å². The summed E-state index contributed by atoms with van der Waals surface area (Å²) in [6.07, 6.45) is 0.377. The molecule has 5 nitrogen and oxygen atoms in total. The molecule has 6 heteroatoms. The third-order valence-corrected chi connectivity index (χ3v) is 5.71. The van der Waals surface area contributed by atoms with Crippen LogP contribution in [0.4, 0.5) is 10.5 Å². The third kappa shape index (κ3) is 5.42. The summed E-state index contributed by atoms with van der Waals surface area (Å²) in [6, 6.07) is 26.7. The number of likely N-dealkylation sites (tertiary alicyclic amines) is 1. The molecule has 152 valence electrons. The van der Waals surface area contributed by atoms with Crippen LogP contribution in [0.25, 0.3) is 0 Å². The van der Waals surface area contributed by atoms with Crippen molar-refractivity contribution in [2.24, 2.45) is 0 Å². The van der Waals surface area contributed by atoms with Crippen LogP contribution in [0, 0.1) is 0 Å². The van der Waals surface area contributed by atoms with Crippen LogP contribution >= 0.6 is 11.8 Å². The van der Waals surface area contributed by atoms with Crippen LogP contribution in [0.15, 0.2) is 84.9 Å². The van der Waals surface area contributed by atoms with E-state index < -0.39 is 0 Å². The minimum atomic E-state index is -0.136. The highest BCUT2D eigenvalue weighted by atomic mass is 32.2. The third-order valence-electron chi connectivity index (χ3n) is 4.75. The number of anilines is 1. The lowest BCUT2D eigenvalue weighted by Gasteiger charge is -2.17. The number of nitrogens with one attached hydrogen (secondary N) is 1. The van der Waals surface area contributed by atoms with Crippen molar-refractivity contribution in [3.8, 4) is 11.5 Å². The lowest BCUT2D eigenvalue weighted by Crippen LogP contribution is -2.25. The number of thioether (sulfide) groups is 1. The first-order chi connectivity index (χ1) is 14.7. The Kier molecular flexibility index (Phi) is 6.35. The summed E-state index contributed by atoms with van der Waals surface area (Å²) in [4.78, 5) is 26.4. The minimum Gasteiger partial charge on any atom is -0.457 e. The minimum absolute atomic E-state index is 0.0399. The van der Waals surface area contributed by atoms with Gasteiger partial charge in [0.05, 0.1) is 0 Å². The van der Waals surface area contributed by atoms with E-state index in [1.54, 1.807) is 4.90 Å². The molecule has 1 aliphatic heterocycles. The Labute approximate surface area is 180 Å². The molecule has 0 bridgehead atoms. The fourth-order valence-corrected chi connectivity index (χ4v) is 4.26. The quantitative estimate of drug-likeness (QED) is 0.571. The van der Waals surface area contributed by atoms with Crippen LogP contribution in [0.3, 0.4) is 0 Å². The monoisotopic (exact) mass is 418 g/mol. The van der Waals surface area contributed by atoms with Gasteiger partial charge < -0.3 is 15.0 Å². The number of rotatable bonds is 6. The predicted molar refractivity (Wildman–Crippen MR) is 120 cm³/mol. The highest BCUT2D eigenvalue weighted by Crippen LogP contribution is 2.27. The second kappa shape index (κ2) is 9.50. The van der Waals surface area contributed by atoms with E-state index >= 15 is 0 Å². The molecular weight excluding hydrogens is 396 g/mol. The smallest absolute Gasteiger partial charge is 0.283 e. The normalized spacial score (nSPS) is 15.8. The van der Waals surface area contributed by atoms with Gasteiger partial charge in [0.1, 0.15) is 11.5 Å². The molecule has 0 saturated carbocycles. The van der Waals surface area contributed by atoms with Gasteiger partial charge in [-0.15, -0.1) is 0 Å². The van der Waals surface area contributed by atoms with Crippen molar-refractivity contribution in [2.45, 2.75) is 18.2 Å². The Hall–Kier alpha value is -3.25. The lowest BCUT2D eigenvalue weighted by molar-refractivity contribution is -0.128. The average Bonchev–Trinajstić information content (AvgIpc) is 3.09. The summed E-state index contributed by atoms with van der Waals surface area (Å²) in [6.45, 7) is 1.09. The van der Waals surface area contributed by atoms with Crippen LogP contribution in [0.5, 0.6) is 11.5 Å². The van der Waals surface area contributed by atoms with Gasteiger partial charge in [0, 0.05) is 30.4 Å². The maximum atomic E-state index is 12.4. The largest absolute Gasteiger partial charge is 0.457 e. The molecule has 2 amide bonds. The molecule has 3 aromatic carbocycles. The van der Waals surface area contributed by atoms with Gasteiger partial charge in [-0.2, -0.15) is 0 Å². The Morgan fingerprint density at radius 2 is 1.57 bits per heavy atom. The molecule has 0 aliphatic carbocycles. The SMILES string of the molecule is O=C(Nc1ccccc1)SC1CC(=O)N(Cc2ccc(Oc3ccccc3)cc2)C1. The van der Waals surface area contributed by atoms with E-state index in [-0.39, 0.29) is 16.4 Å². The first kappa shape index (κ1) is 20.0. The fourth-order valence-electron chi connectivity index (χ4n) is 3.30. The molecule has 30 heavy (non-hydrogen) atoms. The zero-order valence-corrected chi connectivity index (χ0v) is 17.2. The molecule has 0 aromatic heterocycles. The van der Waals surface area contributed by atoms with E-state index in [0.29, 0.717) is 19.5 Å². The Morgan fingerprint density at radius 1 is 0.933 bits per heavy atom. The van der Waals surface area contributed by atoms with Crippen molar-refractivity contribution in [1.82, 2.24) is 4.90 Å². The number of carbonyl (C=O) groups excluding carboxylic acids is 2. The predicted octanol–water partition coefficient (Wildman–Crippen LogP) is 5.55. The number of carbonyl (C=O) groups is 2. The van der Waals surface area contributed by atoms with E-state index in [1.807, 2.05) is 84.9 Å². The Morgan fingerprint density at radius 3 is 2.27 bits per heavy atom. The second-order valence-electron chi connectivity index (χ2n) is 7.06. The number of hydrogen-bond acceptors (Lipinski definition) is 4. The molecule has 1 fully saturated rings. The summed E-state index contributed by atoms with van der Waals surface area (Å²) in [5, 5.41) is 2.68. The van der Waals surface area contributed by atoms with E-state index in [4.69, 9.17) is 4.74 Å². The van der Waals surface area contributed by atoms with Gasteiger partial charge in [0.25, 0.3) is 5.24 Å². The number of benzene rings is 3. The molecule has 3 aromatic rings. The molecule has 4 rings (SSSR count). The van der Waals surface area contributed by atoms with Crippen molar-refractivity contribution < 1.29 is 14.3 Å². The standard InChI is InChI=1S/C24H22N2O3S/c27-23-15-22(30-24(28)25-19-7-3-1-4-8-19)17-26(23)16-18-11-13-21(14-12-18)29-20-9-5-2-6-10-20/h1-14,22H,15-17H2,(H,25,28). The van der Waals surface area contributed by atoms with Gasteiger partial charge >= 0.3 is 0 Å². The molecule has 1 atom stereocenters. The topological polar surface area (TPSA) is 58.6 Å². The summed E-state index contributed by atoms with van der Waals surface area (Å²) in [5.74, 6) is 1.61. The molecule has 1 saturated heterocycles. The Bertz CT molecular complexity index is 994. The van der Waals surface area contributed by atoms with Gasteiger partial charge in [0.15, 0.2) is 0 Å². The van der Waals surface area contributed by atoms with Crippen molar-refractivity contribution in [3.05, 3.63) is 90.5 Å². The zero-order valence-electron chi connectivity index (χ0n) is 16.4. The van der Waals surface area contributed by atoms with Crippen LogP contribution < -0.4 is 10.1 Å². The van der Waals surface area contributed by atoms with Gasteiger partial charge in [-0.1, -0.05) is 60.3 Å². The summed E-state index contributed by atoms with van der Waals surface area (Å²) < 4.78 is 5.81. The average molecular weight is 419 g/mol. The number of amides is 2. The van der Waals surface area contributed by atoms with E-state index in [2.05, 4.69) is 5.32 Å². The molecule has 0 spiro atoms. The number of para-hydroxylation sites is 2. The number of hydrogen-bond donors (Lipinski definition) is 1. The summed E-state index contributed by atoms with van der Waals surface area (Å²) in [5.41, 5.74) is 1.79. The summed E-state index contributed by atoms with van der Waals surface area (Å²) >= 11 is 1.19. The molecule has 1 N–H and O–H groups in total. The van der Waals surface area contributed by atoms with E-state index in [9.17, 15) is 9.59 Å². The maximum absolute atomic E-state index is 12.4. The number of ether oxygens (including phenoxy) is 1. The van der Waals surface area contributed by atoms with Crippen LogP contribution in [-0.2, 0) is 11.3 Å². The van der Waals surface area contributed by atoms with E-state index in [1.165, 1.54) is 11.8 Å². The van der Waals surface area contributed by atoms with Crippen LogP contribution in [0.2, 0.25) is 0 Å². The van der Waals surface area contributed by atoms with Crippen molar-refractivity contribution in [1.29, 1.82) is 0 Å². The highest BCUT2D eigenvalue weighted by Gasteiger charge is 2.31. The first-order valence-electron chi connectivity index (χ1n) is 9.78. The van der Waals surface area contributed by atoms with Crippen molar-refractivity contribution in [3.63, 3.8) is 0 Å². The molecular formula is C24H22N2O3S. The van der Waals surface area contributed by atoms with Crippen molar-refractivity contribution >= 4 is 28.6 Å². The van der Waals surface area contributed by atoms with E-state index in [0.717, 1.165) is 22.7 Å². The lowest BCUT2D eigenvalue weighted by atomic mass is 10.2. The molecule has 0 radical (unpaired) electrons. The fraction of sp³-hybridized carbons (Fsp3) is 0.167. The number of nitrogens with zero attached hydrogens (tertiary/aromatic N) is 1. The van der Waals surface area contributed by atoms with Gasteiger partial charge in [-0.25, -0.2) is 0 Å². The van der Waals surface area contributed by atoms with Crippen LogP contribution in [-0.4, -0.2) is 27.8 Å². The molecule has 1 unspecified atom stereocenters. The maximum Gasteiger partial charge on any atom is 0.283 e.